The number of aromatic carboxylic acids is 1. The van der Waals surface area contributed by atoms with Gasteiger partial charge in [0.1, 0.15) is 11.4 Å². The molecule has 30 heavy (non-hydrogen) atoms. The van der Waals surface area contributed by atoms with Crippen LogP contribution in [0.4, 0.5) is 5.69 Å². The Bertz CT molecular complexity index is 1300. The number of hydrogen-bond donors (Lipinski definition) is 3. The number of aromatic nitrogens is 4. The molecule has 13 heteroatoms. The number of carboxylic acids is 1. The standard InChI is InChI=1S/C17H13Cl2N5O6/c1-23(2)11-5-8(6-20-14(11)25)30-13-9(18)3-7(4-10(13)19)24-17(29)21-15(26)12(22-24)16(27)28/h3-6H,1-2H3,(H,20,25)(H,27,28)(H,21,26,29). The number of benzene rings is 1. The van der Waals surface area contributed by atoms with Gasteiger partial charge in [0.15, 0.2) is 5.75 Å². The van der Waals surface area contributed by atoms with E-state index in [1.54, 1.807) is 19.0 Å². The van der Waals surface area contributed by atoms with Crippen molar-refractivity contribution in [3.8, 4) is 17.2 Å². The number of anilines is 1. The van der Waals surface area contributed by atoms with Gasteiger partial charge in [-0.05, 0) is 12.1 Å². The lowest BCUT2D eigenvalue weighted by atomic mass is 10.3. The van der Waals surface area contributed by atoms with E-state index in [9.17, 15) is 19.2 Å². The number of hydrogen-bond acceptors (Lipinski definition) is 7. The van der Waals surface area contributed by atoms with Gasteiger partial charge in [-0.15, -0.1) is 0 Å². The van der Waals surface area contributed by atoms with Crippen molar-refractivity contribution in [3.05, 3.63) is 71.3 Å². The first kappa shape index (κ1) is 21.1. The highest BCUT2D eigenvalue weighted by molar-refractivity contribution is 6.37. The first-order chi connectivity index (χ1) is 14.1. The van der Waals surface area contributed by atoms with Crippen molar-refractivity contribution in [1.29, 1.82) is 0 Å². The molecule has 2 aromatic heterocycles. The van der Waals surface area contributed by atoms with E-state index in [4.69, 9.17) is 33.0 Å². The van der Waals surface area contributed by atoms with Crippen LogP contribution < -0.4 is 26.4 Å². The topological polar surface area (TPSA) is 150 Å². The van der Waals surface area contributed by atoms with E-state index < -0.39 is 22.9 Å². The van der Waals surface area contributed by atoms with Gasteiger partial charge in [0.25, 0.3) is 11.1 Å². The van der Waals surface area contributed by atoms with Crippen LogP contribution in [0, 0.1) is 0 Å². The summed E-state index contributed by atoms with van der Waals surface area (Å²) in [4.78, 5) is 52.5. The maximum atomic E-state index is 12.0. The molecule has 156 valence electrons. The largest absolute Gasteiger partial charge is 0.476 e. The molecule has 0 amide bonds. The zero-order chi connectivity index (χ0) is 22.2. The lowest BCUT2D eigenvalue weighted by Gasteiger charge is -2.15. The average Bonchev–Trinajstić information content (AvgIpc) is 2.65. The first-order valence-electron chi connectivity index (χ1n) is 8.12. The maximum Gasteiger partial charge on any atom is 0.362 e. The molecule has 2 heterocycles. The summed E-state index contributed by atoms with van der Waals surface area (Å²) in [5, 5.41) is 12.5. The van der Waals surface area contributed by atoms with Crippen LogP contribution in [0.3, 0.4) is 0 Å². The molecule has 0 spiro atoms. The molecular weight excluding hydrogens is 441 g/mol. The zero-order valence-corrected chi connectivity index (χ0v) is 16.9. The molecular formula is C17H13Cl2N5O6. The van der Waals surface area contributed by atoms with Gasteiger partial charge in [-0.2, -0.15) is 9.78 Å². The van der Waals surface area contributed by atoms with E-state index in [0.29, 0.717) is 10.4 Å². The molecule has 0 radical (unpaired) electrons. The smallest absolute Gasteiger partial charge is 0.362 e. The van der Waals surface area contributed by atoms with Gasteiger partial charge >= 0.3 is 11.7 Å². The van der Waals surface area contributed by atoms with Gasteiger partial charge < -0.3 is 19.7 Å². The highest BCUT2D eigenvalue weighted by atomic mass is 35.5. The Hall–Kier alpha value is -3.57. The minimum absolute atomic E-state index is 0.00320. The summed E-state index contributed by atoms with van der Waals surface area (Å²) in [7, 11) is 3.37. The summed E-state index contributed by atoms with van der Waals surface area (Å²) in [6, 6.07) is 3.98. The Kier molecular flexibility index (Phi) is 5.67. The Balaban J connectivity index is 2.06. The molecule has 11 nitrogen and oxygen atoms in total. The number of halogens is 2. The molecule has 0 aliphatic rings. The summed E-state index contributed by atoms with van der Waals surface area (Å²) in [5.74, 6) is -1.35. The molecule has 0 aliphatic heterocycles. The third-order valence-electron chi connectivity index (χ3n) is 3.82. The summed E-state index contributed by atoms with van der Waals surface area (Å²) in [6.45, 7) is 0. The molecule has 0 unspecified atom stereocenters. The SMILES string of the molecule is CN(C)c1cc(Oc2c(Cl)cc(-n3nc(C(=O)O)c(=O)[nH]c3=O)cc2Cl)c[nH]c1=O. The zero-order valence-electron chi connectivity index (χ0n) is 15.4. The van der Waals surface area contributed by atoms with Crippen molar-refractivity contribution in [1.82, 2.24) is 19.7 Å². The number of carbonyl (C=O) groups is 1. The Morgan fingerprint density at radius 2 is 1.77 bits per heavy atom. The fraction of sp³-hybridized carbons (Fsp3) is 0.118. The van der Waals surface area contributed by atoms with Crippen molar-refractivity contribution in [2.24, 2.45) is 0 Å². The third-order valence-corrected chi connectivity index (χ3v) is 4.38. The lowest BCUT2D eigenvalue weighted by molar-refractivity contribution is 0.0685. The highest BCUT2D eigenvalue weighted by Gasteiger charge is 2.18. The number of ether oxygens (including phenoxy) is 1. The van der Waals surface area contributed by atoms with Crippen LogP contribution in [0.15, 0.2) is 38.8 Å². The van der Waals surface area contributed by atoms with Crippen molar-refractivity contribution in [3.63, 3.8) is 0 Å². The van der Waals surface area contributed by atoms with E-state index in [2.05, 4.69) is 10.1 Å². The van der Waals surface area contributed by atoms with Crippen molar-refractivity contribution >= 4 is 34.9 Å². The van der Waals surface area contributed by atoms with Gasteiger partial charge in [0.2, 0.25) is 5.69 Å². The molecule has 3 aromatic rings. The predicted molar refractivity (Wildman–Crippen MR) is 109 cm³/mol. The Morgan fingerprint density at radius 3 is 2.33 bits per heavy atom. The second-order valence-corrected chi connectivity index (χ2v) is 6.92. The molecule has 0 saturated heterocycles. The van der Waals surface area contributed by atoms with Crippen LogP contribution >= 0.6 is 23.2 Å². The summed E-state index contributed by atoms with van der Waals surface area (Å²) < 4.78 is 6.30. The number of H-pyrrole nitrogens is 2. The second-order valence-electron chi connectivity index (χ2n) is 6.11. The van der Waals surface area contributed by atoms with Crippen LogP contribution in [-0.4, -0.2) is 44.9 Å². The van der Waals surface area contributed by atoms with E-state index in [-0.39, 0.29) is 32.8 Å². The molecule has 0 atom stereocenters. The molecule has 0 bridgehead atoms. The van der Waals surface area contributed by atoms with Crippen molar-refractivity contribution < 1.29 is 14.6 Å². The molecule has 1 aromatic carbocycles. The monoisotopic (exact) mass is 453 g/mol. The van der Waals surface area contributed by atoms with Gasteiger partial charge in [0, 0.05) is 26.4 Å². The minimum atomic E-state index is -1.61. The number of nitrogens with one attached hydrogen (secondary N) is 2. The van der Waals surface area contributed by atoms with Crippen LogP contribution in [-0.2, 0) is 0 Å². The van der Waals surface area contributed by atoms with Crippen LogP contribution in [0.25, 0.3) is 5.69 Å². The maximum absolute atomic E-state index is 12.0. The number of nitrogens with zero attached hydrogens (tertiary/aromatic N) is 3. The van der Waals surface area contributed by atoms with Gasteiger partial charge in [-0.3, -0.25) is 14.6 Å². The van der Waals surface area contributed by atoms with Crippen molar-refractivity contribution in [2.45, 2.75) is 0 Å². The molecule has 0 fully saturated rings. The quantitative estimate of drug-likeness (QED) is 0.525. The number of carboxylic acid groups (broad SMARTS) is 1. The summed E-state index contributed by atoms with van der Waals surface area (Å²) in [5.41, 5.74) is -3.00. The van der Waals surface area contributed by atoms with E-state index in [1.165, 1.54) is 24.4 Å². The van der Waals surface area contributed by atoms with Crippen LogP contribution in [0.5, 0.6) is 11.5 Å². The lowest BCUT2D eigenvalue weighted by Crippen LogP contribution is -2.35. The van der Waals surface area contributed by atoms with Gasteiger partial charge in [-0.1, -0.05) is 23.2 Å². The summed E-state index contributed by atoms with van der Waals surface area (Å²) in [6.07, 6.45) is 1.32. The summed E-state index contributed by atoms with van der Waals surface area (Å²) >= 11 is 12.5. The van der Waals surface area contributed by atoms with E-state index in [1.807, 2.05) is 4.98 Å². The molecule has 0 saturated carbocycles. The van der Waals surface area contributed by atoms with Crippen LogP contribution in [0.1, 0.15) is 10.5 Å². The Morgan fingerprint density at radius 1 is 1.13 bits per heavy atom. The molecule has 3 N–H and O–H groups in total. The minimum Gasteiger partial charge on any atom is -0.476 e. The molecule has 3 rings (SSSR count). The first-order valence-corrected chi connectivity index (χ1v) is 8.88. The van der Waals surface area contributed by atoms with Crippen LogP contribution in [0.2, 0.25) is 10.0 Å². The van der Waals surface area contributed by atoms with E-state index in [0.717, 1.165) is 0 Å². The number of rotatable bonds is 5. The second kappa shape index (κ2) is 8.05. The van der Waals surface area contributed by atoms with Gasteiger partial charge in [0.05, 0.1) is 15.7 Å². The number of pyridine rings is 1. The number of aromatic amines is 2. The van der Waals surface area contributed by atoms with Gasteiger partial charge in [-0.25, -0.2) is 9.59 Å². The van der Waals surface area contributed by atoms with Crippen molar-refractivity contribution in [2.75, 3.05) is 19.0 Å². The highest BCUT2D eigenvalue weighted by Crippen LogP contribution is 2.38. The Labute approximate surface area is 177 Å². The third kappa shape index (κ3) is 4.07. The predicted octanol–water partition coefficient (Wildman–Crippen LogP) is 1.47. The average molecular weight is 454 g/mol. The fourth-order valence-corrected chi connectivity index (χ4v) is 3.00. The fourth-order valence-electron chi connectivity index (χ4n) is 2.44. The molecule has 0 aliphatic carbocycles. The normalized spacial score (nSPS) is 10.7. The van der Waals surface area contributed by atoms with E-state index >= 15 is 0 Å².